The van der Waals surface area contributed by atoms with Crippen LogP contribution in [0, 0.1) is 51.4 Å². The Bertz CT molecular complexity index is 6160. The molecule has 8 N–H and O–H groups in total. The Balaban J connectivity index is 0.000000155. The van der Waals surface area contributed by atoms with Crippen molar-refractivity contribution in [3.05, 3.63) is 155 Å². The van der Waals surface area contributed by atoms with Gasteiger partial charge in [0.05, 0.1) is 161 Å². The number of anilines is 4. The summed E-state index contributed by atoms with van der Waals surface area (Å²) in [7, 11) is 7.31. The highest BCUT2D eigenvalue weighted by molar-refractivity contribution is 5.72. The molecule has 732 valence electrons. The smallest absolute Gasteiger partial charge is 0.306 e. The molecule has 8 atom stereocenters. The molecular formula is C96H124N28O14. The van der Waals surface area contributed by atoms with Gasteiger partial charge in [-0.05, 0) is 218 Å². The van der Waals surface area contributed by atoms with E-state index >= 15 is 0 Å². The summed E-state index contributed by atoms with van der Waals surface area (Å²) in [6.07, 6.45) is 18.0. The van der Waals surface area contributed by atoms with Gasteiger partial charge in [0.15, 0.2) is 0 Å². The molecule has 4 saturated carbocycles. The van der Waals surface area contributed by atoms with Crippen molar-refractivity contribution in [3.8, 4) is 80.3 Å². The molecule has 138 heavy (non-hydrogen) atoms. The molecule has 0 radical (unpaired) electrons. The third-order valence-corrected chi connectivity index (χ3v) is 24.2. The van der Waals surface area contributed by atoms with E-state index in [1.807, 2.05) is 137 Å². The number of hydrogen-bond donors (Lipinski definition) is 8. The van der Waals surface area contributed by atoms with Crippen LogP contribution < -0.4 is 49.7 Å². The number of carbonyl (C=O) groups is 4. The van der Waals surface area contributed by atoms with E-state index in [4.69, 9.17) is 48.4 Å². The van der Waals surface area contributed by atoms with Crippen LogP contribution in [0.25, 0.3) is 45.6 Å². The van der Waals surface area contributed by atoms with Gasteiger partial charge in [-0.2, -0.15) is 9.97 Å². The van der Waals surface area contributed by atoms with Gasteiger partial charge in [0, 0.05) is 76.2 Å². The SMILES string of the molecule is CCOc1ccnc(NCc2c(-c3ccc(O[C@H]4CCC[C@H](C(=O)O)C4)c(C)n3)nnn2C)n1.Cc1nc(-c2nnn(C)c2CNc2nccc(C(C)(C)C)n2)ccc1O[C@H]1CCC[C@H](C(=O)O)C1.Cc1nc(-c2nnn(C)c2CNc2nccc(C(C)C)n2)ccc1O[C@H]1CCC[C@H](C(=O)O)C1.Cc1nc(-c2nnn(C)c2CNc2nccc(OC(C)C)n2)ccc1O[C@H]1CCC[C@H](C(=O)O)C1. The maximum absolute atomic E-state index is 11.4. The monoisotopic (exact) mass is 1890 g/mol. The van der Waals surface area contributed by atoms with Crippen LogP contribution in [0.4, 0.5) is 23.8 Å². The number of rotatable bonds is 33. The quantitative estimate of drug-likeness (QED) is 0.0189. The van der Waals surface area contributed by atoms with E-state index < -0.39 is 23.9 Å². The van der Waals surface area contributed by atoms with Crippen LogP contribution in [0.2, 0.25) is 0 Å². The zero-order valence-electron chi connectivity index (χ0n) is 81.0. The molecule has 0 aromatic carbocycles. The van der Waals surface area contributed by atoms with Gasteiger partial charge in [-0.1, -0.05) is 55.5 Å². The van der Waals surface area contributed by atoms with Crippen molar-refractivity contribution in [2.24, 2.45) is 51.9 Å². The van der Waals surface area contributed by atoms with Crippen molar-refractivity contribution in [2.45, 2.75) is 254 Å². The summed E-state index contributed by atoms with van der Waals surface area (Å²) in [6, 6.07) is 22.2. The number of carboxylic acid groups (broad SMARTS) is 4. The van der Waals surface area contributed by atoms with Crippen molar-refractivity contribution in [3.63, 3.8) is 0 Å². The highest BCUT2D eigenvalue weighted by Gasteiger charge is 2.34. The molecule has 0 spiro atoms. The molecule has 42 heteroatoms. The molecule has 4 fully saturated rings. The normalized spacial score (nSPS) is 18.0. The minimum Gasteiger partial charge on any atom is -0.489 e. The van der Waals surface area contributed by atoms with Crippen LogP contribution in [0.3, 0.4) is 0 Å². The fourth-order valence-electron chi connectivity index (χ4n) is 16.6. The topological polar surface area (TPSA) is 530 Å². The Morgan fingerprint density at radius 1 is 0.384 bits per heavy atom. The van der Waals surface area contributed by atoms with Gasteiger partial charge in [0.2, 0.25) is 35.6 Å². The molecule has 12 heterocycles. The second-order valence-corrected chi connectivity index (χ2v) is 36.3. The molecular weight excluding hydrogens is 1770 g/mol. The number of aryl methyl sites for hydroxylation is 8. The minimum atomic E-state index is -0.753. The van der Waals surface area contributed by atoms with Crippen molar-refractivity contribution < 1.29 is 68.0 Å². The zero-order valence-corrected chi connectivity index (χ0v) is 81.0. The molecule has 0 aliphatic heterocycles. The van der Waals surface area contributed by atoms with E-state index in [9.17, 15) is 39.6 Å². The van der Waals surface area contributed by atoms with E-state index in [1.54, 1.807) is 55.6 Å². The minimum absolute atomic E-state index is 0.0172. The number of ether oxygens (including phenoxy) is 6. The zero-order chi connectivity index (χ0) is 98.4. The van der Waals surface area contributed by atoms with Crippen molar-refractivity contribution >= 4 is 47.7 Å². The van der Waals surface area contributed by atoms with Crippen LogP contribution in [0.1, 0.15) is 221 Å². The third-order valence-electron chi connectivity index (χ3n) is 24.2. The lowest BCUT2D eigenvalue weighted by molar-refractivity contribution is -0.144. The predicted molar refractivity (Wildman–Crippen MR) is 509 cm³/mol. The largest absolute Gasteiger partial charge is 0.489 e. The summed E-state index contributed by atoms with van der Waals surface area (Å²) in [5.74, 6) is 1.57. The molecule has 42 nitrogen and oxygen atoms in total. The van der Waals surface area contributed by atoms with Gasteiger partial charge in [0.25, 0.3) is 0 Å². The fourth-order valence-corrected chi connectivity index (χ4v) is 16.6. The molecule has 4 aliphatic rings. The second-order valence-electron chi connectivity index (χ2n) is 36.3. The van der Waals surface area contributed by atoms with Gasteiger partial charge in [-0.25, -0.2) is 68.6 Å². The maximum Gasteiger partial charge on any atom is 0.306 e. The molecule has 16 rings (SSSR count). The number of nitrogens with one attached hydrogen (secondary N) is 4. The Morgan fingerprint density at radius 3 is 0.964 bits per heavy atom. The average molecular weight is 1890 g/mol. The van der Waals surface area contributed by atoms with E-state index in [1.165, 1.54) is 0 Å². The van der Waals surface area contributed by atoms with E-state index in [0.29, 0.717) is 206 Å². The van der Waals surface area contributed by atoms with E-state index in [0.717, 1.165) is 96.9 Å². The summed E-state index contributed by atoms with van der Waals surface area (Å²) in [4.78, 5) is 99.3. The van der Waals surface area contributed by atoms with Crippen LogP contribution in [-0.4, -0.2) is 201 Å². The highest BCUT2D eigenvalue weighted by Crippen LogP contribution is 2.38. The van der Waals surface area contributed by atoms with Crippen LogP contribution in [0.5, 0.6) is 34.8 Å². The highest BCUT2D eigenvalue weighted by atomic mass is 16.5. The predicted octanol–water partition coefficient (Wildman–Crippen LogP) is 14.0. The van der Waals surface area contributed by atoms with Gasteiger partial charge in [0.1, 0.15) is 45.8 Å². The first-order valence-corrected chi connectivity index (χ1v) is 46.8. The number of pyridine rings is 4. The summed E-state index contributed by atoms with van der Waals surface area (Å²) < 4.78 is 42.4. The molecule has 0 saturated heterocycles. The Kier molecular flexibility index (Phi) is 34.1. The first-order chi connectivity index (χ1) is 66.2. The average Bonchev–Trinajstić information content (AvgIpc) is 1.66. The fraction of sp³-hybridized carbons (Fsp3) is 0.500. The van der Waals surface area contributed by atoms with Crippen molar-refractivity contribution in [2.75, 3.05) is 27.9 Å². The lowest BCUT2D eigenvalue weighted by atomic mass is 9.87. The third kappa shape index (κ3) is 27.2. The summed E-state index contributed by atoms with van der Waals surface area (Å²) in [5, 5.41) is 84.2. The van der Waals surface area contributed by atoms with Gasteiger partial charge in [-0.15, -0.1) is 20.4 Å². The molecule has 4 aliphatic carbocycles. The van der Waals surface area contributed by atoms with Crippen LogP contribution in [0.15, 0.2) is 97.6 Å². The molecule has 0 bridgehead atoms. The van der Waals surface area contributed by atoms with E-state index in [-0.39, 0.29) is 59.6 Å². The lowest BCUT2D eigenvalue weighted by Crippen LogP contribution is -2.29. The Morgan fingerprint density at radius 2 is 0.674 bits per heavy atom. The molecule has 0 amide bonds. The maximum atomic E-state index is 11.4. The van der Waals surface area contributed by atoms with Gasteiger partial charge >= 0.3 is 23.9 Å². The first-order valence-electron chi connectivity index (χ1n) is 46.8. The van der Waals surface area contributed by atoms with Crippen LogP contribution >= 0.6 is 0 Å². The number of nitrogens with zero attached hydrogens (tertiary/aromatic N) is 24. The van der Waals surface area contributed by atoms with Crippen molar-refractivity contribution in [1.82, 2.24) is 120 Å². The van der Waals surface area contributed by atoms with E-state index in [2.05, 4.69) is 137 Å². The number of aliphatic carboxylic acids is 4. The Hall–Kier alpha value is -14.6. The summed E-state index contributed by atoms with van der Waals surface area (Å²) in [6.45, 7) is 26.0. The summed E-state index contributed by atoms with van der Waals surface area (Å²) in [5.41, 5.74) is 13.5. The van der Waals surface area contributed by atoms with Crippen molar-refractivity contribution in [1.29, 1.82) is 0 Å². The number of aromatic nitrogens is 24. The lowest BCUT2D eigenvalue weighted by Gasteiger charge is -2.27. The Labute approximate surface area is 800 Å². The standard InChI is InChI=1S/C25H33N7O3.C24H31N7O4.C24H31N7O3.C23H29N7O4/c1-15-20(35-17-8-6-7-16(13-17)23(33)34)10-9-18(28-15)22-19(32(5)31-30-22)14-27-24-26-12-11-21(29-24)25(2,3)4;1-14(2)34-21-10-11-25-24(28-21)26-13-19-22(29-30-31(19)4)18-8-9-20(15(3)27-18)35-17-7-5-6-16(12-17)23(32)33;1-14(2)18-10-11-25-24(28-18)26-13-20-22(29-30-31(20)4)19-8-9-21(15(3)27-19)34-17-7-5-6-16(12-17)23(32)33;1-4-33-20-10-11-24-23(27-20)25-13-18-21(28-29-30(18)3)17-8-9-19(14(2)26-17)34-16-7-5-6-15(12-16)22(31)32/h9-12,16-17H,6-8,13-14H2,1-5H3,(H,33,34)(H,26,27,29);8-11,14,16-17H,5-7,12-13H2,1-4H3,(H,32,33)(H,25,26,28);8-11,14,16-17H,5-7,12-13H2,1-4H3,(H,32,33)(H,25,26,28);8-11,15-16H,4-7,12-13H2,1-3H3,(H,31,32)(H,24,25,27)/t3*16-,17-;15-,16-/m0000/s1. The number of hydrogen-bond acceptors (Lipinski definition) is 34. The second kappa shape index (κ2) is 46.7. The molecule has 0 unspecified atom stereocenters. The molecule has 12 aromatic rings. The summed E-state index contributed by atoms with van der Waals surface area (Å²) >= 11 is 0. The van der Waals surface area contributed by atoms with Gasteiger partial charge < -0.3 is 70.1 Å². The van der Waals surface area contributed by atoms with Crippen LogP contribution in [-0.2, 0) is 79.0 Å². The number of carboxylic acids is 4. The van der Waals surface area contributed by atoms with Gasteiger partial charge in [-0.3, -0.25) is 19.2 Å². The molecule has 12 aromatic heterocycles. The first kappa shape index (κ1) is 101.